The number of hydrogen-bond acceptors (Lipinski definition) is 4. The fourth-order valence-electron chi connectivity index (χ4n) is 1.08. The Morgan fingerprint density at radius 1 is 1.64 bits per heavy atom. The molecule has 1 aliphatic carbocycles. The summed E-state index contributed by atoms with van der Waals surface area (Å²) < 4.78 is 11.6. The van der Waals surface area contributed by atoms with Crippen molar-refractivity contribution >= 4 is 48.1 Å². The Balaban J connectivity index is 3.12. The van der Waals surface area contributed by atoms with Gasteiger partial charge in [0.25, 0.3) is 0 Å². The molecule has 0 aromatic heterocycles. The summed E-state index contributed by atoms with van der Waals surface area (Å²) in [6.45, 7) is 4.00. The molecule has 0 amide bonds. The lowest BCUT2D eigenvalue weighted by molar-refractivity contribution is 0.676. The van der Waals surface area contributed by atoms with Gasteiger partial charge in [0.15, 0.2) is 0 Å². The van der Waals surface area contributed by atoms with Crippen LogP contribution in [0.25, 0.3) is 0 Å². The molecule has 0 bridgehead atoms. The molecule has 0 saturated heterocycles. The molecule has 3 atom stereocenters. The first-order valence-corrected chi connectivity index (χ1v) is 9.67. The van der Waals surface area contributed by atoms with E-state index in [4.69, 9.17) is 33.6 Å². The summed E-state index contributed by atoms with van der Waals surface area (Å²) in [6, 6.07) is 0. The Hall–Kier alpha value is 1.16. The van der Waals surface area contributed by atoms with Gasteiger partial charge in [-0.15, -0.1) is 0 Å². The highest BCUT2D eigenvalue weighted by atomic mass is 33.6. The SMILES string of the molecule is CC1C[C@@]1(C)S(=O)(=S)[SH](=S)=S. The molecule has 1 aliphatic rings. The average Bonchev–Trinajstić information content (AvgIpc) is 2.42. The average molecular weight is 246 g/mol. The smallest absolute Gasteiger partial charge is 0.0920 e. The lowest BCUT2D eigenvalue weighted by Gasteiger charge is -2.10. The molecule has 0 aromatic rings. The zero-order valence-electron chi connectivity index (χ0n) is 6.27. The highest BCUT2D eigenvalue weighted by Crippen LogP contribution is 2.50. The Morgan fingerprint density at radius 3 is 2.09 bits per heavy atom. The topological polar surface area (TPSA) is 17.1 Å². The van der Waals surface area contributed by atoms with Gasteiger partial charge in [0.1, 0.15) is 0 Å². The second kappa shape index (κ2) is 2.83. The van der Waals surface area contributed by atoms with Gasteiger partial charge >= 0.3 is 0 Å². The van der Waals surface area contributed by atoms with Crippen molar-refractivity contribution in [1.82, 2.24) is 0 Å². The normalized spacial score (nSPS) is 41.9. The van der Waals surface area contributed by atoms with Crippen LogP contribution in [0.2, 0.25) is 0 Å². The van der Waals surface area contributed by atoms with Crippen LogP contribution in [0.3, 0.4) is 0 Å². The van der Waals surface area contributed by atoms with Gasteiger partial charge < -0.3 is 0 Å². The van der Waals surface area contributed by atoms with E-state index in [2.05, 4.69) is 6.92 Å². The first-order valence-electron chi connectivity index (χ1n) is 3.21. The maximum absolute atomic E-state index is 11.8. The van der Waals surface area contributed by atoms with Gasteiger partial charge in [-0.05, 0) is 59.9 Å². The highest BCUT2D eigenvalue weighted by molar-refractivity contribution is 8.96. The van der Waals surface area contributed by atoms with E-state index in [1.54, 1.807) is 0 Å². The first-order chi connectivity index (χ1) is 4.82. The molecule has 6 heteroatoms. The van der Waals surface area contributed by atoms with E-state index in [-0.39, 0.29) is 4.75 Å². The monoisotopic (exact) mass is 246 g/mol. The van der Waals surface area contributed by atoms with Crippen molar-refractivity contribution in [1.29, 1.82) is 0 Å². The summed E-state index contributed by atoms with van der Waals surface area (Å²) >= 11 is 14.7. The van der Waals surface area contributed by atoms with Crippen molar-refractivity contribution in [2.24, 2.45) is 5.92 Å². The van der Waals surface area contributed by atoms with E-state index in [0.717, 1.165) is 6.42 Å². The third-order valence-electron chi connectivity index (χ3n) is 2.38. The van der Waals surface area contributed by atoms with Crippen LogP contribution in [-0.4, -0.2) is 8.96 Å². The van der Waals surface area contributed by atoms with E-state index in [1.165, 1.54) is 0 Å². The summed E-state index contributed by atoms with van der Waals surface area (Å²) in [5.74, 6) is 0.448. The predicted octanol–water partition coefficient (Wildman–Crippen LogP) is 0.721. The van der Waals surface area contributed by atoms with Crippen LogP contribution in [0.5, 0.6) is 0 Å². The van der Waals surface area contributed by atoms with E-state index >= 15 is 0 Å². The molecule has 1 saturated carbocycles. The second-order valence-electron chi connectivity index (χ2n) is 3.12. The van der Waals surface area contributed by atoms with E-state index in [0.29, 0.717) is 5.92 Å². The van der Waals surface area contributed by atoms with E-state index in [1.807, 2.05) is 6.92 Å². The van der Waals surface area contributed by atoms with Gasteiger partial charge in [-0.25, -0.2) is 4.21 Å². The molecular formula is C5H10OS5. The molecule has 0 N–H and O–H groups in total. The van der Waals surface area contributed by atoms with Crippen molar-refractivity contribution in [2.45, 2.75) is 25.0 Å². The third kappa shape index (κ3) is 1.48. The first kappa shape index (κ1) is 10.2. The fourth-order valence-corrected chi connectivity index (χ4v) is 7.94. The minimum atomic E-state index is -2.32. The van der Waals surface area contributed by atoms with Gasteiger partial charge in [-0.3, -0.25) is 0 Å². The zero-order valence-corrected chi connectivity index (χ0v) is 10.4. The Bertz CT molecular complexity index is 330. The predicted molar refractivity (Wildman–Crippen MR) is 61.2 cm³/mol. The van der Waals surface area contributed by atoms with Crippen molar-refractivity contribution in [3.8, 4) is 0 Å². The van der Waals surface area contributed by atoms with Crippen LogP contribution >= 0.6 is 0 Å². The molecule has 11 heavy (non-hydrogen) atoms. The van der Waals surface area contributed by atoms with E-state index < -0.39 is 14.6 Å². The second-order valence-corrected chi connectivity index (χ2v) is 14.5. The molecular weight excluding hydrogens is 236 g/mol. The van der Waals surface area contributed by atoms with Crippen LogP contribution in [-0.2, 0) is 48.1 Å². The highest BCUT2D eigenvalue weighted by Gasteiger charge is 2.54. The largest absolute Gasteiger partial charge is 0.245 e. The number of thiol groups is 1. The van der Waals surface area contributed by atoms with Crippen molar-refractivity contribution in [3.05, 3.63) is 0 Å². The van der Waals surface area contributed by atoms with Gasteiger partial charge in [-0.1, -0.05) is 6.92 Å². The quantitative estimate of drug-likeness (QED) is 0.571. The Labute approximate surface area is 82.9 Å². The lowest BCUT2D eigenvalue weighted by atomic mass is 10.4. The van der Waals surface area contributed by atoms with Crippen LogP contribution in [0.15, 0.2) is 0 Å². The lowest BCUT2D eigenvalue weighted by Crippen LogP contribution is -2.19. The standard InChI is InChI=1S/C5H10OS5/c1-4-3-5(4,2)11(6,9)10(7)8/h4,10H,3H2,1-2H3/t4?,5-,11?/m1/s1. The van der Waals surface area contributed by atoms with Crippen molar-refractivity contribution < 1.29 is 4.21 Å². The Morgan fingerprint density at radius 2 is 2.00 bits per heavy atom. The molecule has 0 spiro atoms. The molecule has 0 radical (unpaired) electrons. The molecule has 2 unspecified atom stereocenters. The third-order valence-corrected chi connectivity index (χ3v) is 14.9. The summed E-state index contributed by atoms with van der Waals surface area (Å²) in [6.07, 6.45) is 0.932. The molecule has 0 aliphatic heterocycles. The molecule has 66 valence electrons. The number of hydrogen-bond donors (Lipinski definition) is 1. The van der Waals surface area contributed by atoms with Crippen molar-refractivity contribution in [2.75, 3.05) is 0 Å². The van der Waals surface area contributed by atoms with Gasteiger partial charge in [0, 0.05) is 0 Å². The maximum atomic E-state index is 11.8. The van der Waals surface area contributed by atoms with E-state index in [9.17, 15) is 4.21 Å². The van der Waals surface area contributed by atoms with Crippen LogP contribution in [0, 0.1) is 5.92 Å². The van der Waals surface area contributed by atoms with Crippen LogP contribution in [0.4, 0.5) is 0 Å². The molecule has 0 heterocycles. The van der Waals surface area contributed by atoms with Gasteiger partial charge in [-0.2, -0.15) is 0 Å². The maximum Gasteiger partial charge on any atom is 0.0920 e. The molecule has 0 aromatic carbocycles. The summed E-state index contributed by atoms with van der Waals surface area (Å²) in [5, 5.41) is 0. The molecule has 1 fully saturated rings. The fraction of sp³-hybridized carbons (Fsp3) is 1.00. The minimum Gasteiger partial charge on any atom is -0.245 e. The summed E-state index contributed by atoms with van der Waals surface area (Å²) in [7, 11) is -3.61. The zero-order chi connectivity index (χ0) is 8.86. The van der Waals surface area contributed by atoms with Gasteiger partial charge in [0.2, 0.25) is 0 Å². The van der Waals surface area contributed by atoms with Crippen LogP contribution in [0.1, 0.15) is 20.3 Å². The number of rotatable bonds is 2. The summed E-state index contributed by atoms with van der Waals surface area (Å²) in [4.78, 5) is 0. The van der Waals surface area contributed by atoms with Crippen LogP contribution < -0.4 is 0 Å². The minimum absolute atomic E-state index is 0.211. The molecule has 1 nitrogen and oxygen atoms in total. The van der Waals surface area contributed by atoms with Gasteiger partial charge in [0.05, 0.1) is 12.3 Å². The molecule has 1 rings (SSSR count). The summed E-state index contributed by atoms with van der Waals surface area (Å²) in [5.41, 5.74) is 0. The van der Waals surface area contributed by atoms with Crippen molar-refractivity contribution in [3.63, 3.8) is 0 Å². The Kier molecular flexibility index (Phi) is 2.64.